The lowest BCUT2D eigenvalue weighted by atomic mass is 10.2. The standard InChI is InChI=1S/C14H12ClN3/c1-16-12-5-6-18-13(8-12)9-17-14(18)10-3-2-4-11(15)7-10/h2-9,16H,1H3. The lowest BCUT2D eigenvalue weighted by Gasteiger charge is -2.04. The maximum atomic E-state index is 6.01. The lowest BCUT2D eigenvalue weighted by molar-refractivity contribution is 1.16. The third-order valence-electron chi connectivity index (χ3n) is 2.90. The van der Waals surface area contributed by atoms with E-state index >= 15 is 0 Å². The molecular formula is C14H12ClN3. The molecule has 0 saturated carbocycles. The van der Waals surface area contributed by atoms with Gasteiger partial charge < -0.3 is 5.32 Å². The maximum Gasteiger partial charge on any atom is 0.144 e. The zero-order valence-corrected chi connectivity index (χ0v) is 10.6. The van der Waals surface area contributed by atoms with Crippen molar-refractivity contribution in [3.63, 3.8) is 0 Å². The van der Waals surface area contributed by atoms with Crippen molar-refractivity contribution in [2.45, 2.75) is 0 Å². The highest BCUT2D eigenvalue weighted by atomic mass is 35.5. The summed E-state index contributed by atoms with van der Waals surface area (Å²) in [6.45, 7) is 0. The van der Waals surface area contributed by atoms with Crippen LogP contribution in [-0.2, 0) is 0 Å². The minimum Gasteiger partial charge on any atom is -0.388 e. The fourth-order valence-corrected chi connectivity index (χ4v) is 2.19. The summed E-state index contributed by atoms with van der Waals surface area (Å²) in [7, 11) is 1.90. The first-order valence-corrected chi connectivity index (χ1v) is 6.06. The normalized spacial score (nSPS) is 10.8. The van der Waals surface area contributed by atoms with Gasteiger partial charge in [0, 0.05) is 29.5 Å². The number of hydrogen-bond acceptors (Lipinski definition) is 2. The molecule has 0 aliphatic heterocycles. The number of pyridine rings is 1. The van der Waals surface area contributed by atoms with Crippen LogP contribution in [0.25, 0.3) is 16.9 Å². The molecule has 2 aromatic heterocycles. The number of nitrogens with zero attached hydrogens (tertiary/aromatic N) is 2. The fraction of sp³-hybridized carbons (Fsp3) is 0.0714. The van der Waals surface area contributed by atoms with Gasteiger partial charge in [0.05, 0.1) is 11.7 Å². The monoisotopic (exact) mass is 257 g/mol. The molecule has 18 heavy (non-hydrogen) atoms. The molecule has 0 saturated heterocycles. The van der Waals surface area contributed by atoms with Crippen LogP contribution in [-0.4, -0.2) is 16.4 Å². The van der Waals surface area contributed by atoms with E-state index in [0.29, 0.717) is 0 Å². The Morgan fingerprint density at radius 3 is 2.89 bits per heavy atom. The van der Waals surface area contributed by atoms with Crippen LogP contribution in [0, 0.1) is 0 Å². The summed E-state index contributed by atoms with van der Waals surface area (Å²) in [6, 6.07) is 11.8. The molecule has 3 nitrogen and oxygen atoms in total. The van der Waals surface area contributed by atoms with Gasteiger partial charge >= 0.3 is 0 Å². The van der Waals surface area contributed by atoms with E-state index in [9.17, 15) is 0 Å². The lowest BCUT2D eigenvalue weighted by Crippen LogP contribution is -1.92. The Kier molecular flexibility index (Phi) is 2.68. The number of halogens is 1. The third kappa shape index (κ3) is 1.83. The maximum absolute atomic E-state index is 6.01. The number of benzene rings is 1. The Labute approximate surface area is 110 Å². The predicted molar refractivity (Wildman–Crippen MR) is 75.2 cm³/mol. The molecule has 0 aliphatic rings. The predicted octanol–water partition coefficient (Wildman–Crippen LogP) is 3.70. The van der Waals surface area contributed by atoms with Crippen molar-refractivity contribution < 1.29 is 0 Å². The smallest absolute Gasteiger partial charge is 0.144 e. The van der Waals surface area contributed by atoms with E-state index in [1.54, 1.807) is 0 Å². The van der Waals surface area contributed by atoms with Crippen LogP contribution in [0.3, 0.4) is 0 Å². The Morgan fingerprint density at radius 2 is 2.11 bits per heavy atom. The van der Waals surface area contributed by atoms with E-state index in [1.807, 2.05) is 54.2 Å². The van der Waals surface area contributed by atoms with Crippen LogP contribution >= 0.6 is 11.6 Å². The Hall–Kier alpha value is -2.00. The minimum absolute atomic E-state index is 0.719. The van der Waals surface area contributed by atoms with Gasteiger partial charge in [0.25, 0.3) is 0 Å². The summed E-state index contributed by atoms with van der Waals surface area (Å²) in [4.78, 5) is 4.46. The second-order valence-corrected chi connectivity index (χ2v) is 4.49. The number of imidazole rings is 1. The Morgan fingerprint density at radius 1 is 1.22 bits per heavy atom. The van der Waals surface area contributed by atoms with Gasteiger partial charge in [-0.3, -0.25) is 4.40 Å². The second-order valence-electron chi connectivity index (χ2n) is 4.05. The van der Waals surface area contributed by atoms with E-state index in [-0.39, 0.29) is 0 Å². The van der Waals surface area contributed by atoms with Crippen molar-refractivity contribution in [2.75, 3.05) is 12.4 Å². The van der Waals surface area contributed by atoms with Crippen molar-refractivity contribution in [1.82, 2.24) is 9.38 Å². The molecule has 1 N–H and O–H groups in total. The highest BCUT2D eigenvalue weighted by Crippen LogP contribution is 2.23. The van der Waals surface area contributed by atoms with Crippen LogP contribution in [0.2, 0.25) is 5.02 Å². The quantitative estimate of drug-likeness (QED) is 0.759. The van der Waals surface area contributed by atoms with Crippen LogP contribution in [0.15, 0.2) is 48.8 Å². The van der Waals surface area contributed by atoms with Crippen LogP contribution in [0.4, 0.5) is 5.69 Å². The molecular weight excluding hydrogens is 246 g/mol. The Balaban J connectivity index is 2.18. The molecule has 3 aromatic rings. The molecule has 0 aliphatic carbocycles. The van der Waals surface area contributed by atoms with Gasteiger partial charge in [0.15, 0.2) is 0 Å². The number of aromatic nitrogens is 2. The van der Waals surface area contributed by atoms with Gasteiger partial charge in [0.1, 0.15) is 5.82 Å². The number of nitrogens with one attached hydrogen (secondary N) is 1. The number of hydrogen-bond donors (Lipinski definition) is 1. The zero-order chi connectivity index (χ0) is 12.5. The molecule has 0 spiro atoms. The van der Waals surface area contributed by atoms with Crippen molar-refractivity contribution in [3.8, 4) is 11.4 Å². The average Bonchev–Trinajstić information content (AvgIpc) is 2.81. The van der Waals surface area contributed by atoms with E-state index < -0.39 is 0 Å². The van der Waals surface area contributed by atoms with Gasteiger partial charge in [-0.05, 0) is 24.3 Å². The topological polar surface area (TPSA) is 29.3 Å². The van der Waals surface area contributed by atoms with Crippen molar-refractivity contribution in [1.29, 1.82) is 0 Å². The van der Waals surface area contributed by atoms with Crippen LogP contribution in [0.5, 0.6) is 0 Å². The number of anilines is 1. The molecule has 4 heteroatoms. The summed E-state index contributed by atoms with van der Waals surface area (Å²) in [5.41, 5.74) is 3.14. The number of rotatable bonds is 2. The van der Waals surface area contributed by atoms with Crippen molar-refractivity contribution in [3.05, 3.63) is 53.8 Å². The molecule has 1 aromatic carbocycles. The molecule has 2 heterocycles. The molecule has 90 valence electrons. The summed E-state index contributed by atoms with van der Waals surface area (Å²) >= 11 is 6.01. The molecule has 0 bridgehead atoms. The largest absolute Gasteiger partial charge is 0.388 e. The summed E-state index contributed by atoms with van der Waals surface area (Å²) in [6.07, 6.45) is 3.86. The first kappa shape index (κ1) is 11.1. The number of fused-ring (bicyclic) bond motifs is 1. The van der Waals surface area contributed by atoms with Gasteiger partial charge in [-0.25, -0.2) is 4.98 Å². The molecule has 0 radical (unpaired) electrons. The first-order valence-electron chi connectivity index (χ1n) is 5.69. The molecule has 0 fully saturated rings. The molecule has 0 atom stereocenters. The average molecular weight is 258 g/mol. The van der Waals surface area contributed by atoms with Gasteiger partial charge in [-0.15, -0.1) is 0 Å². The molecule has 3 rings (SSSR count). The molecule has 0 unspecified atom stereocenters. The SMILES string of the molecule is CNc1ccn2c(-c3cccc(Cl)c3)ncc2c1. The highest BCUT2D eigenvalue weighted by Gasteiger charge is 2.06. The fourth-order valence-electron chi connectivity index (χ4n) is 2.00. The van der Waals surface area contributed by atoms with E-state index in [1.165, 1.54) is 0 Å². The summed E-state index contributed by atoms with van der Waals surface area (Å²) in [5, 5.41) is 3.83. The summed E-state index contributed by atoms with van der Waals surface area (Å²) < 4.78 is 2.05. The minimum atomic E-state index is 0.719. The van der Waals surface area contributed by atoms with Crippen molar-refractivity contribution >= 4 is 22.8 Å². The Bertz CT molecular complexity index is 703. The summed E-state index contributed by atoms with van der Waals surface area (Å²) in [5.74, 6) is 0.898. The second kappa shape index (κ2) is 4.35. The zero-order valence-electron chi connectivity index (χ0n) is 9.89. The van der Waals surface area contributed by atoms with Crippen LogP contribution < -0.4 is 5.32 Å². The highest BCUT2D eigenvalue weighted by molar-refractivity contribution is 6.30. The van der Waals surface area contributed by atoms with E-state index in [2.05, 4.69) is 16.4 Å². The van der Waals surface area contributed by atoms with Gasteiger partial charge in [-0.2, -0.15) is 0 Å². The van der Waals surface area contributed by atoms with Gasteiger partial charge in [-0.1, -0.05) is 23.7 Å². The third-order valence-corrected chi connectivity index (χ3v) is 3.14. The van der Waals surface area contributed by atoms with Crippen LogP contribution in [0.1, 0.15) is 0 Å². The van der Waals surface area contributed by atoms with Crippen molar-refractivity contribution in [2.24, 2.45) is 0 Å². The first-order chi connectivity index (χ1) is 8.78. The van der Waals surface area contributed by atoms with Gasteiger partial charge in [0.2, 0.25) is 0 Å². The van der Waals surface area contributed by atoms with E-state index in [0.717, 1.165) is 27.6 Å². The molecule has 0 amide bonds. The van der Waals surface area contributed by atoms with E-state index in [4.69, 9.17) is 11.6 Å².